The van der Waals surface area contributed by atoms with Crippen LogP contribution in [0.15, 0.2) is 48.5 Å². The average Bonchev–Trinajstić information content (AvgIpc) is 2.66. The molecule has 2 aromatic carbocycles. The number of benzene rings is 2. The molecule has 27 heavy (non-hydrogen) atoms. The second-order valence-corrected chi connectivity index (χ2v) is 5.64. The number of hydrogen-bond acceptors (Lipinski definition) is 5. The molecular formula is C19H20F2N2O4. The fourth-order valence-corrected chi connectivity index (χ4v) is 2.33. The highest BCUT2D eigenvalue weighted by atomic mass is 19.3. The number of amides is 1. The minimum atomic E-state index is -2.89. The van der Waals surface area contributed by atoms with Gasteiger partial charge in [0.15, 0.2) is 6.61 Å². The number of halogens is 2. The summed E-state index contributed by atoms with van der Waals surface area (Å²) in [4.78, 5) is 25.7. The van der Waals surface area contributed by atoms with Crippen LogP contribution in [-0.2, 0) is 16.1 Å². The summed E-state index contributed by atoms with van der Waals surface area (Å²) >= 11 is 0. The summed E-state index contributed by atoms with van der Waals surface area (Å²) in [5, 5.41) is 2.88. The van der Waals surface area contributed by atoms with Gasteiger partial charge in [0, 0.05) is 26.3 Å². The van der Waals surface area contributed by atoms with Gasteiger partial charge >= 0.3 is 12.6 Å². The number of anilines is 1. The lowest BCUT2D eigenvalue weighted by molar-refractivity contribution is -0.133. The van der Waals surface area contributed by atoms with Gasteiger partial charge in [-0.05, 0) is 29.8 Å². The Labute approximate surface area is 155 Å². The number of para-hydroxylation sites is 1. The third kappa shape index (κ3) is 5.95. The van der Waals surface area contributed by atoms with Crippen LogP contribution in [0.4, 0.5) is 14.5 Å². The Bertz CT molecular complexity index is 782. The van der Waals surface area contributed by atoms with Gasteiger partial charge in [-0.15, -0.1) is 0 Å². The van der Waals surface area contributed by atoms with Crippen molar-refractivity contribution in [2.24, 2.45) is 0 Å². The number of alkyl halides is 2. The van der Waals surface area contributed by atoms with Crippen molar-refractivity contribution < 1.29 is 27.8 Å². The summed E-state index contributed by atoms with van der Waals surface area (Å²) in [5.41, 5.74) is 1.67. The number of carbonyl (C=O) groups is 2. The minimum absolute atomic E-state index is 0.0415. The predicted octanol–water partition coefficient (Wildman–Crippen LogP) is 3.15. The quantitative estimate of drug-likeness (QED) is 0.715. The van der Waals surface area contributed by atoms with E-state index in [4.69, 9.17) is 4.74 Å². The number of hydrogen-bond donors (Lipinski definition) is 1. The molecule has 0 aliphatic carbocycles. The van der Waals surface area contributed by atoms with E-state index < -0.39 is 25.1 Å². The molecule has 0 bridgehead atoms. The highest BCUT2D eigenvalue weighted by molar-refractivity contribution is 5.96. The second kappa shape index (κ2) is 9.51. The zero-order chi connectivity index (χ0) is 19.8. The number of nitrogens with zero attached hydrogens (tertiary/aromatic N) is 1. The van der Waals surface area contributed by atoms with Gasteiger partial charge < -0.3 is 19.7 Å². The first-order valence-electron chi connectivity index (χ1n) is 8.12. The highest BCUT2D eigenvalue weighted by Gasteiger charge is 2.16. The first kappa shape index (κ1) is 20.2. The zero-order valence-corrected chi connectivity index (χ0v) is 14.9. The maximum Gasteiger partial charge on any atom is 0.387 e. The molecule has 0 unspecified atom stereocenters. The monoisotopic (exact) mass is 378 g/mol. The van der Waals surface area contributed by atoms with E-state index in [1.54, 1.807) is 50.5 Å². The Balaban J connectivity index is 1.87. The maximum atomic E-state index is 12.2. The van der Waals surface area contributed by atoms with Gasteiger partial charge in [0.2, 0.25) is 0 Å². The molecule has 0 radical (unpaired) electrons. The number of ether oxygens (including phenoxy) is 2. The summed E-state index contributed by atoms with van der Waals surface area (Å²) in [7, 11) is 3.24. The van der Waals surface area contributed by atoms with Crippen LogP contribution in [0.2, 0.25) is 0 Å². The highest BCUT2D eigenvalue weighted by Crippen LogP contribution is 2.17. The molecule has 0 atom stereocenters. The lowest BCUT2D eigenvalue weighted by atomic mass is 10.2. The second-order valence-electron chi connectivity index (χ2n) is 5.64. The fourth-order valence-electron chi connectivity index (χ4n) is 2.33. The van der Waals surface area contributed by atoms with Crippen LogP contribution in [0.3, 0.4) is 0 Å². The SMILES string of the molecule is CNc1ccccc1C(=O)OCC(=O)N(C)Cc1ccc(OC(F)F)cc1. The van der Waals surface area contributed by atoms with Crippen molar-refractivity contribution >= 4 is 17.6 Å². The summed E-state index contributed by atoms with van der Waals surface area (Å²) in [5.74, 6) is -0.951. The van der Waals surface area contributed by atoms with Crippen LogP contribution in [0, 0.1) is 0 Å². The molecule has 6 nitrogen and oxygen atoms in total. The van der Waals surface area contributed by atoms with Crippen LogP contribution < -0.4 is 10.1 Å². The standard InChI is InChI=1S/C19H20F2N2O4/c1-22-16-6-4-3-5-15(16)18(25)26-12-17(24)23(2)11-13-7-9-14(10-8-13)27-19(20)21/h3-10,19,22H,11-12H2,1-2H3. The summed E-state index contributed by atoms with van der Waals surface area (Å²) in [6.45, 7) is -3.05. The molecule has 0 heterocycles. The first-order valence-corrected chi connectivity index (χ1v) is 8.12. The van der Waals surface area contributed by atoms with Crippen LogP contribution in [0.1, 0.15) is 15.9 Å². The molecule has 0 aliphatic rings. The van der Waals surface area contributed by atoms with Crippen LogP contribution in [-0.4, -0.2) is 44.1 Å². The molecule has 2 rings (SSSR count). The molecule has 1 N–H and O–H groups in total. The van der Waals surface area contributed by atoms with Crippen molar-refractivity contribution in [1.82, 2.24) is 4.90 Å². The number of nitrogens with one attached hydrogen (secondary N) is 1. The van der Waals surface area contributed by atoms with Gasteiger partial charge in [-0.2, -0.15) is 8.78 Å². The van der Waals surface area contributed by atoms with Crippen molar-refractivity contribution in [3.05, 3.63) is 59.7 Å². The Morgan fingerprint density at radius 3 is 2.41 bits per heavy atom. The summed E-state index contributed by atoms with van der Waals surface area (Å²) < 4.78 is 33.6. The fraction of sp³-hybridized carbons (Fsp3) is 0.263. The number of esters is 1. The van der Waals surface area contributed by atoms with E-state index in [1.807, 2.05) is 0 Å². The molecular weight excluding hydrogens is 358 g/mol. The first-order chi connectivity index (χ1) is 12.9. The van der Waals surface area contributed by atoms with Gasteiger partial charge in [-0.1, -0.05) is 24.3 Å². The van der Waals surface area contributed by atoms with Crippen molar-refractivity contribution in [3.63, 3.8) is 0 Å². The van der Waals surface area contributed by atoms with Crippen molar-refractivity contribution in [1.29, 1.82) is 0 Å². The lowest BCUT2D eigenvalue weighted by Crippen LogP contribution is -2.30. The maximum absolute atomic E-state index is 12.2. The predicted molar refractivity (Wildman–Crippen MR) is 95.8 cm³/mol. The van der Waals surface area contributed by atoms with E-state index in [0.29, 0.717) is 11.3 Å². The number of rotatable bonds is 8. The van der Waals surface area contributed by atoms with Crippen LogP contribution >= 0.6 is 0 Å². The Morgan fingerprint density at radius 1 is 1.11 bits per heavy atom. The Hall–Kier alpha value is -3.16. The number of carbonyl (C=O) groups excluding carboxylic acids is 2. The molecule has 0 saturated heterocycles. The van der Waals surface area contributed by atoms with E-state index >= 15 is 0 Å². The summed E-state index contributed by atoms with van der Waals surface area (Å²) in [6.07, 6.45) is 0. The molecule has 0 spiro atoms. The Morgan fingerprint density at radius 2 is 1.78 bits per heavy atom. The van der Waals surface area contributed by atoms with Crippen molar-refractivity contribution in [2.45, 2.75) is 13.2 Å². The van der Waals surface area contributed by atoms with Crippen molar-refractivity contribution in [3.8, 4) is 5.75 Å². The molecule has 0 aliphatic heterocycles. The van der Waals surface area contributed by atoms with Gasteiger partial charge in [-0.3, -0.25) is 4.79 Å². The smallest absolute Gasteiger partial charge is 0.387 e. The summed E-state index contributed by atoms with van der Waals surface area (Å²) in [6, 6.07) is 12.8. The van der Waals surface area contributed by atoms with Crippen LogP contribution in [0.25, 0.3) is 0 Å². The van der Waals surface area contributed by atoms with Gasteiger partial charge in [0.1, 0.15) is 5.75 Å². The molecule has 2 aromatic rings. The lowest BCUT2D eigenvalue weighted by Gasteiger charge is -2.18. The largest absolute Gasteiger partial charge is 0.452 e. The van der Waals surface area contributed by atoms with E-state index in [9.17, 15) is 18.4 Å². The molecule has 0 fully saturated rings. The minimum Gasteiger partial charge on any atom is -0.452 e. The van der Waals surface area contributed by atoms with E-state index in [0.717, 1.165) is 5.56 Å². The molecule has 0 saturated carbocycles. The third-order valence-corrected chi connectivity index (χ3v) is 3.74. The zero-order valence-electron chi connectivity index (χ0n) is 14.9. The molecule has 144 valence electrons. The van der Waals surface area contributed by atoms with Crippen molar-refractivity contribution in [2.75, 3.05) is 26.0 Å². The van der Waals surface area contributed by atoms with E-state index in [-0.39, 0.29) is 12.3 Å². The van der Waals surface area contributed by atoms with Gasteiger partial charge in [-0.25, -0.2) is 4.79 Å². The molecule has 1 amide bonds. The Kier molecular flexibility index (Phi) is 7.10. The van der Waals surface area contributed by atoms with Crippen LogP contribution in [0.5, 0.6) is 5.75 Å². The molecule has 8 heteroatoms. The van der Waals surface area contributed by atoms with Gasteiger partial charge in [0.05, 0.1) is 5.56 Å². The third-order valence-electron chi connectivity index (χ3n) is 3.74. The average molecular weight is 378 g/mol. The van der Waals surface area contributed by atoms with Gasteiger partial charge in [0.25, 0.3) is 5.91 Å². The molecule has 0 aromatic heterocycles. The topological polar surface area (TPSA) is 67.9 Å². The van der Waals surface area contributed by atoms with E-state index in [1.165, 1.54) is 17.0 Å². The number of likely N-dealkylation sites (N-methyl/N-ethyl adjacent to an activating group) is 1. The normalized spacial score (nSPS) is 10.4. The van der Waals surface area contributed by atoms with E-state index in [2.05, 4.69) is 10.1 Å².